The molecule has 2 N–H and O–H groups in total. The fourth-order valence-corrected chi connectivity index (χ4v) is 7.23. The summed E-state index contributed by atoms with van der Waals surface area (Å²) in [5, 5.41) is 5.88. The van der Waals surface area contributed by atoms with Crippen molar-refractivity contribution in [2.45, 2.75) is 78.0 Å². The molecule has 0 radical (unpaired) electrons. The Morgan fingerprint density at radius 3 is 2.18 bits per heavy atom. The number of nitrogens with one attached hydrogen (secondary N) is 2. The molecule has 2 unspecified atom stereocenters. The lowest BCUT2D eigenvalue weighted by Crippen LogP contribution is -2.58. The largest absolute Gasteiger partial charge is 0.488 e. The van der Waals surface area contributed by atoms with Crippen LogP contribution in [0, 0.1) is 23.5 Å². The Hall–Kier alpha value is -4.76. The van der Waals surface area contributed by atoms with E-state index in [0.717, 1.165) is 49.8 Å². The summed E-state index contributed by atoms with van der Waals surface area (Å²) in [6, 6.07) is 11.1. The van der Waals surface area contributed by atoms with Gasteiger partial charge in [0.05, 0.1) is 37.9 Å². The van der Waals surface area contributed by atoms with E-state index >= 15 is 0 Å². The zero-order valence-electron chi connectivity index (χ0n) is 33.7. The molecule has 1 aromatic heterocycles. The molecular weight excluding hydrogens is 740 g/mol. The Morgan fingerprint density at radius 1 is 0.860 bits per heavy atom. The Bertz CT molecular complexity index is 1840. The van der Waals surface area contributed by atoms with Crippen LogP contribution in [0.1, 0.15) is 75.9 Å². The maximum absolute atomic E-state index is 14.5. The van der Waals surface area contributed by atoms with E-state index in [1.54, 1.807) is 44.5 Å². The van der Waals surface area contributed by atoms with Crippen LogP contribution in [0.2, 0.25) is 0 Å². The monoisotopic (exact) mass is 797 g/mol. The van der Waals surface area contributed by atoms with Crippen molar-refractivity contribution < 1.29 is 46.9 Å². The summed E-state index contributed by atoms with van der Waals surface area (Å²) in [5.41, 5.74) is 0.789. The number of carbonyl (C=O) groups is 4. The van der Waals surface area contributed by atoms with Crippen LogP contribution in [0.15, 0.2) is 42.5 Å². The van der Waals surface area contributed by atoms with Crippen molar-refractivity contribution in [1.82, 2.24) is 25.0 Å². The molecule has 0 spiro atoms. The van der Waals surface area contributed by atoms with Gasteiger partial charge in [-0.25, -0.2) is 13.6 Å². The van der Waals surface area contributed by atoms with Crippen molar-refractivity contribution in [3.63, 3.8) is 0 Å². The molecule has 1 saturated heterocycles. The zero-order chi connectivity index (χ0) is 41.1. The van der Waals surface area contributed by atoms with Gasteiger partial charge in [-0.2, -0.15) is 0 Å². The number of amides is 4. The normalized spacial score (nSPS) is 16.3. The molecular formula is C42H57F2N5O8. The van der Waals surface area contributed by atoms with Crippen LogP contribution in [0.3, 0.4) is 0 Å². The van der Waals surface area contributed by atoms with Gasteiger partial charge in [0.2, 0.25) is 11.8 Å². The summed E-state index contributed by atoms with van der Waals surface area (Å²) >= 11 is 0. The predicted molar refractivity (Wildman–Crippen MR) is 210 cm³/mol. The minimum Gasteiger partial charge on any atom is -0.488 e. The molecule has 0 bridgehead atoms. The molecule has 2 heterocycles. The topological polar surface area (TPSA) is 141 Å². The first kappa shape index (κ1) is 43.4. The van der Waals surface area contributed by atoms with Crippen LogP contribution >= 0.6 is 0 Å². The van der Waals surface area contributed by atoms with E-state index in [1.807, 2.05) is 30.3 Å². The van der Waals surface area contributed by atoms with Crippen molar-refractivity contribution in [3.8, 4) is 5.75 Å². The molecule has 1 aliphatic carbocycles. The highest BCUT2D eigenvalue weighted by atomic mass is 19.2. The third-order valence-corrected chi connectivity index (χ3v) is 10.3. The van der Waals surface area contributed by atoms with Gasteiger partial charge in [0.15, 0.2) is 23.1 Å². The number of aryl methyl sites for hydroxylation is 1. The van der Waals surface area contributed by atoms with Gasteiger partial charge in [0.25, 0.3) is 5.91 Å². The van der Waals surface area contributed by atoms with Gasteiger partial charge in [-0.3, -0.25) is 14.4 Å². The van der Waals surface area contributed by atoms with E-state index in [9.17, 15) is 28.0 Å². The second-order valence-electron chi connectivity index (χ2n) is 15.8. The molecule has 2 aliphatic rings. The van der Waals surface area contributed by atoms with Crippen LogP contribution in [0.5, 0.6) is 5.75 Å². The van der Waals surface area contributed by atoms with Crippen molar-refractivity contribution in [2.24, 2.45) is 18.9 Å². The Morgan fingerprint density at radius 2 is 1.49 bits per heavy atom. The molecule has 57 heavy (non-hydrogen) atoms. The molecule has 1 saturated carbocycles. The average molecular weight is 798 g/mol. The molecule has 2 atom stereocenters. The number of rotatable bonds is 16. The summed E-state index contributed by atoms with van der Waals surface area (Å²) in [6.07, 6.45) is 3.97. The molecule has 5 rings (SSSR count). The van der Waals surface area contributed by atoms with E-state index in [0.29, 0.717) is 19.8 Å². The molecule has 2 fully saturated rings. The second kappa shape index (κ2) is 20.1. The molecule has 2 aromatic carbocycles. The number of benzene rings is 2. The average Bonchev–Trinajstić information content (AvgIpc) is 3.45. The number of alkyl carbamates (subject to hydrolysis) is 1. The number of hydrogen-bond donors (Lipinski definition) is 2. The van der Waals surface area contributed by atoms with Gasteiger partial charge in [0.1, 0.15) is 18.2 Å². The number of aromatic nitrogens is 1. The number of piperazine rings is 1. The van der Waals surface area contributed by atoms with Crippen molar-refractivity contribution in [2.75, 3.05) is 59.2 Å². The highest BCUT2D eigenvalue weighted by Crippen LogP contribution is 2.35. The number of nitrogens with zero attached hydrogens (tertiary/aromatic N) is 3. The maximum Gasteiger partial charge on any atom is 0.407 e. The quantitative estimate of drug-likeness (QED) is 0.179. The number of ether oxygens (including phenoxy) is 4. The van der Waals surface area contributed by atoms with Gasteiger partial charge in [0, 0.05) is 51.2 Å². The highest BCUT2D eigenvalue weighted by molar-refractivity contribution is 6.04. The van der Waals surface area contributed by atoms with E-state index in [1.165, 1.54) is 4.57 Å². The Kier molecular flexibility index (Phi) is 15.3. The van der Waals surface area contributed by atoms with Crippen molar-refractivity contribution >= 4 is 34.7 Å². The second-order valence-corrected chi connectivity index (χ2v) is 15.8. The third-order valence-electron chi connectivity index (χ3n) is 10.3. The first-order chi connectivity index (χ1) is 27.2. The molecule has 13 nitrogen and oxygen atoms in total. The first-order valence-electron chi connectivity index (χ1n) is 19.9. The number of fused-ring (bicyclic) bond motifs is 1. The molecule has 15 heteroatoms. The number of carbonyl (C=O) groups excluding carboxylic acids is 4. The van der Waals surface area contributed by atoms with Crippen LogP contribution in [-0.2, 0) is 37.5 Å². The van der Waals surface area contributed by atoms with Crippen LogP contribution in [0.25, 0.3) is 10.9 Å². The van der Waals surface area contributed by atoms with Gasteiger partial charge in [-0.05, 0) is 51.2 Å². The van der Waals surface area contributed by atoms with Gasteiger partial charge in [-0.1, -0.05) is 56.5 Å². The standard InChI is InChI=1S/C42H57F2N5O8/c1-28(26-45-41(53)57-42(2,3)4)38(50)46-35(30-14-10-7-11-15-30)39(51)48-16-18-49(19-17-48)40(52)36-37(31-24-32(43)33(44)25-34(31)47(36)5)56-23-22-54-20-21-55-27-29-12-8-6-9-13-29/h6,8-9,12-13,24-25,28,30,35H,7,10-11,14-23,26-27H2,1-5H3,(H,45,53)(H,46,50). The lowest BCUT2D eigenvalue weighted by Gasteiger charge is -2.39. The number of halogens is 2. The van der Waals surface area contributed by atoms with Crippen molar-refractivity contribution in [1.29, 1.82) is 0 Å². The molecule has 1 aliphatic heterocycles. The fourth-order valence-electron chi connectivity index (χ4n) is 7.23. The SMILES string of the molecule is CC(CNC(=O)OC(C)(C)C)C(=O)NC(C(=O)N1CCN(C(=O)c2c(OCCOCCOCc3ccccc3)c3cc(F)c(F)cc3n2C)CC1)C1CCCCC1. The lowest BCUT2D eigenvalue weighted by molar-refractivity contribution is -0.140. The van der Waals surface area contributed by atoms with E-state index in [-0.39, 0.29) is 86.0 Å². The summed E-state index contributed by atoms with van der Waals surface area (Å²) < 4.78 is 53.1. The van der Waals surface area contributed by atoms with E-state index < -0.39 is 41.2 Å². The smallest absolute Gasteiger partial charge is 0.407 e. The summed E-state index contributed by atoms with van der Waals surface area (Å²) in [6.45, 7) is 9.19. The first-order valence-corrected chi connectivity index (χ1v) is 19.9. The summed E-state index contributed by atoms with van der Waals surface area (Å²) in [7, 11) is 1.60. The predicted octanol–water partition coefficient (Wildman–Crippen LogP) is 5.58. The Balaban J connectivity index is 1.20. The van der Waals surface area contributed by atoms with Gasteiger partial charge in [-0.15, -0.1) is 0 Å². The minimum absolute atomic E-state index is 0.0389. The van der Waals surface area contributed by atoms with E-state index in [2.05, 4.69) is 10.6 Å². The summed E-state index contributed by atoms with van der Waals surface area (Å²) in [5.74, 6) is -3.61. The minimum atomic E-state index is -1.07. The highest BCUT2D eigenvalue weighted by Gasteiger charge is 2.37. The maximum atomic E-state index is 14.5. The zero-order valence-corrected chi connectivity index (χ0v) is 33.7. The van der Waals surface area contributed by atoms with Crippen LogP contribution < -0.4 is 15.4 Å². The Labute approximate surface area is 333 Å². The van der Waals surface area contributed by atoms with Gasteiger partial charge >= 0.3 is 6.09 Å². The molecule has 4 amide bonds. The lowest BCUT2D eigenvalue weighted by atomic mass is 9.83. The van der Waals surface area contributed by atoms with Crippen LogP contribution in [0.4, 0.5) is 13.6 Å². The number of hydrogen-bond acceptors (Lipinski definition) is 8. The summed E-state index contributed by atoms with van der Waals surface area (Å²) in [4.78, 5) is 57.1. The fraction of sp³-hybridized carbons (Fsp3) is 0.571. The van der Waals surface area contributed by atoms with Crippen LogP contribution in [-0.4, -0.2) is 109 Å². The van der Waals surface area contributed by atoms with Crippen molar-refractivity contribution in [3.05, 3.63) is 65.4 Å². The third kappa shape index (κ3) is 11.9. The molecule has 312 valence electrons. The molecule has 3 aromatic rings. The van der Waals surface area contributed by atoms with Gasteiger partial charge < -0.3 is 43.9 Å². The van der Waals surface area contributed by atoms with E-state index in [4.69, 9.17) is 18.9 Å².